The zero-order valence-electron chi connectivity index (χ0n) is 14.9. The molecule has 3 aromatic rings. The second-order valence-electron chi connectivity index (χ2n) is 5.87. The van der Waals surface area contributed by atoms with Crippen molar-refractivity contribution in [1.29, 1.82) is 0 Å². The Hall–Kier alpha value is -3.25. The smallest absolute Gasteiger partial charge is 0.251 e. The molecule has 0 fully saturated rings. The SMILES string of the molecule is CNCCNC(=O)c1ccnc(-c2ccc(Oc3ccc(F)cc3)cc2)c1. The fraction of sp³-hybridized carbons (Fsp3) is 0.143. The van der Waals surface area contributed by atoms with Crippen LogP contribution in [0.5, 0.6) is 11.5 Å². The number of carbonyl (C=O) groups is 1. The number of ether oxygens (including phenoxy) is 1. The van der Waals surface area contributed by atoms with Gasteiger partial charge in [-0.2, -0.15) is 0 Å². The van der Waals surface area contributed by atoms with Crippen molar-refractivity contribution in [2.24, 2.45) is 0 Å². The minimum atomic E-state index is -0.307. The summed E-state index contributed by atoms with van der Waals surface area (Å²) in [5.74, 6) is 0.748. The highest BCUT2D eigenvalue weighted by molar-refractivity contribution is 5.95. The third kappa shape index (κ3) is 5.12. The van der Waals surface area contributed by atoms with Crippen molar-refractivity contribution in [2.45, 2.75) is 0 Å². The first-order valence-electron chi connectivity index (χ1n) is 8.58. The van der Waals surface area contributed by atoms with E-state index in [0.717, 1.165) is 5.56 Å². The van der Waals surface area contributed by atoms with E-state index in [1.807, 2.05) is 19.2 Å². The van der Waals surface area contributed by atoms with Crippen molar-refractivity contribution in [1.82, 2.24) is 15.6 Å². The maximum Gasteiger partial charge on any atom is 0.251 e. The molecule has 3 rings (SSSR count). The summed E-state index contributed by atoms with van der Waals surface area (Å²) < 4.78 is 18.6. The molecule has 2 N–H and O–H groups in total. The molecule has 2 aromatic carbocycles. The summed E-state index contributed by atoms with van der Waals surface area (Å²) in [6, 6.07) is 16.6. The Kier molecular flexibility index (Phi) is 6.12. The molecular formula is C21H20FN3O2. The van der Waals surface area contributed by atoms with Crippen molar-refractivity contribution in [3.05, 3.63) is 78.2 Å². The third-order valence-corrected chi connectivity index (χ3v) is 3.88. The van der Waals surface area contributed by atoms with Gasteiger partial charge in [0.15, 0.2) is 0 Å². The molecule has 1 aromatic heterocycles. The van der Waals surface area contributed by atoms with Crippen molar-refractivity contribution in [2.75, 3.05) is 20.1 Å². The summed E-state index contributed by atoms with van der Waals surface area (Å²) in [4.78, 5) is 16.5. The number of halogens is 1. The predicted molar refractivity (Wildman–Crippen MR) is 102 cm³/mol. The lowest BCUT2D eigenvalue weighted by Crippen LogP contribution is -2.30. The van der Waals surface area contributed by atoms with Crippen LogP contribution in [-0.4, -0.2) is 31.0 Å². The van der Waals surface area contributed by atoms with Crippen molar-refractivity contribution < 1.29 is 13.9 Å². The average Bonchev–Trinajstić information content (AvgIpc) is 2.70. The number of benzene rings is 2. The van der Waals surface area contributed by atoms with Gasteiger partial charge in [0.25, 0.3) is 5.91 Å². The van der Waals surface area contributed by atoms with Gasteiger partial charge < -0.3 is 15.4 Å². The molecule has 27 heavy (non-hydrogen) atoms. The highest BCUT2D eigenvalue weighted by Gasteiger charge is 2.08. The van der Waals surface area contributed by atoms with Gasteiger partial charge in [-0.25, -0.2) is 4.39 Å². The molecule has 1 amide bonds. The van der Waals surface area contributed by atoms with E-state index in [-0.39, 0.29) is 11.7 Å². The molecule has 0 atom stereocenters. The number of aromatic nitrogens is 1. The van der Waals surface area contributed by atoms with Crippen molar-refractivity contribution in [3.8, 4) is 22.8 Å². The van der Waals surface area contributed by atoms with Crippen LogP contribution in [0.2, 0.25) is 0 Å². The molecular weight excluding hydrogens is 345 g/mol. The highest BCUT2D eigenvalue weighted by Crippen LogP contribution is 2.25. The first-order valence-corrected chi connectivity index (χ1v) is 8.58. The molecule has 0 saturated heterocycles. The molecule has 0 radical (unpaired) electrons. The molecule has 6 heteroatoms. The maximum absolute atomic E-state index is 12.9. The van der Waals surface area contributed by atoms with Crippen LogP contribution in [0.25, 0.3) is 11.3 Å². The number of nitrogens with zero attached hydrogens (tertiary/aromatic N) is 1. The lowest BCUT2D eigenvalue weighted by Gasteiger charge is -2.08. The monoisotopic (exact) mass is 365 g/mol. The maximum atomic E-state index is 12.9. The van der Waals surface area contributed by atoms with E-state index in [1.54, 1.807) is 42.6 Å². The van der Waals surface area contributed by atoms with Gasteiger partial charge in [-0.05, 0) is 67.7 Å². The van der Waals surface area contributed by atoms with E-state index in [4.69, 9.17) is 4.74 Å². The van der Waals surface area contributed by atoms with E-state index < -0.39 is 0 Å². The van der Waals surface area contributed by atoms with Gasteiger partial charge in [0, 0.05) is 30.4 Å². The minimum absolute atomic E-state index is 0.134. The molecule has 5 nitrogen and oxygen atoms in total. The van der Waals surface area contributed by atoms with E-state index >= 15 is 0 Å². The molecule has 0 saturated carbocycles. The zero-order chi connectivity index (χ0) is 19.1. The standard InChI is InChI=1S/C21H20FN3O2/c1-23-12-13-25-21(26)16-10-11-24-20(14-16)15-2-6-18(7-3-15)27-19-8-4-17(22)5-9-19/h2-11,14,23H,12-13H2,1H3,(H,25,26). The minimum Gasteiger partial charge on any atom is -0.457 e. The molecule has 138 valence electrons. The van der Waals surface area contributed by atoms with Gasteiger partial charge in [0.1, 0.15) is 17.3 Å². The van der Waals surface area contributed by atoms with Crippen LogP contribution in [0.3, 0.4) is 0 Å². The second kappa shape index (κ2) is 8.91. The summed E-state index contributed by atoms with van der Waals surface area (Å²) in [5.41, 5.74) is 2.12. The first kappa shape index (κ1) is 18.5. The van der Waals surface area contributed by atoms with Crippen LogP contribution in [0.4, 0.5) is 4.39 Å². The van der Waals surface area contributed by atoms with Crippen LogP contribution in [0.15, 0.2) is 66.9 Å². The number of carbonyl (C=O) groups excluding carboxylic acids is 1. The van der Waals surface area contributed by atoms with Gasteiger partial charge >= 0.3 is 0 Å². The number of rotatable bonds is 7. The highest BCUT2D eigenvalue weighted by atomic mass is 19.1. The van der Waals surface area contributed by atoms with E-state index in [0.29, 0.717) is 35.8 Å². The van der Waals surface area contributed by atoms with Crippen LogP contribution < -0.4 is 15.4 Å². The summed E-state index contributed by atoms with van der Waals surface area (Å²) in [7, 11) is 1.83. The van der Waals surface area contributed by atoms with Gasteiger partial charge in [-0.15, -0.1) is 0 Å². The molecule has 0 aliphatic rings. The summed E-state index contributed by atoms with van der Waals surface area (Å²) in [6.45, 7) is 1.27. The van der Waals surface area contributed by atoms with Crippen LogP contribution in [-0.2, 0) is 0 Å². The molecule has 1 heterocycles. The largest absolute Gasteiger partial charge is 0.457 e. The Morgan fingerprint density at radius 3 is 2.33 bits per heavy atom. The third-order valence-electron chi connectivity index (χ3n) is 3.88. The number of pyridine rings is 1. The lowest BCUT2D eigenvalue weighted by atomic mass is 10.1. The van der Waals surface area contributed by atoms with Crippen LogP contribution in [0, 0.1) is 5.82 Å². The summed E-state index contributed by atoms with van der Waals surface area (Å²) in [5, 5.41) is 5.82. The van der Waals surface area contributed by atoms with Gasteiger partial charge in [-0.1, -0.05) is 0 Å². The molecule has 0 aliphatic carbocycles. The number of amides is 1. The van der Waals surface area contributed by atoms with Crippen molar-refractivity contribution in [3.63, 3.8) is 0 Å². The Morgan fingerprint density at radius 1 is 1.00 bits per heavy atom. The Labute approximate surface area is 157 Å². The first-order chi connectivity index (χ1) is 13.2. The Balaban J connectivity index is 1.70. The molecule has 0 aliphatic heterocycles. The fourth-order valence-electron chi connectivity index (χ4n) is 2.47. The number of nitrogens with one attached hydrogen (secondary N) is 2. The van der Waals surface area contributed by atoms with E-state index in [2.05, 4.69) is 15.6 Å². The lowest BCUT2D eigenvalue weighted by molar-refractivity contribution is 0.0954. The summed E-state index contributed by atoms with van der Waals surface area (Å²) in [6.07, 6.45) is 1.62. The quantitative estimate of drug-likeness (QED) is 0.628. The number of likely N-dealkylation sites (N-methyl/N-ethyl adjacent to an activating group) is 1. The second-order valence-corrected chi connectivity index (χ2v) is 5.87. The normalized spacial score (nSPS) is 10.4. The van der Waals surface area contributed by atoms with E-state index in [9.17, 15) is 9.18 Å². The van der Waals surface area contributed by atoms with E-state index in [1.165, 1.54) is 12.1 Å². The van der Waals surface area contributed by atoms with Gasteiger partial charge in [0.2, 0.25) is 0 Å². The summed E-state index contributed by atoms with van der Waals surface area (Å²) >= 11 is 0. The predicted octanol–water partition coefficient (Wildman–Crippen LogP) is 3.63. The van der Waals surface area contributed by atoms with Crippen molar-refractivity contribution >= 4 is 5.91 Å². The number of hydrogen-bond donors (Lipinski definition) is 2. The molecule has 0 unspecified atom stereocenters. The fourth-order valence-corrected chi connectivity index (χ4v) is 2.47. The Morgan fingerprint density at radius 2 is 1.67 bits per heavy atom. The zero-order valence-corrected chi connectivity index (χ0v) is 14.9. The van der Waals surface area contributed by atoms with Gasteiger partial charge in [0.05, 0.1) is 5.69 Å². The molecule has 0 spiro atoms. The molecule has 0 bridgehead atoms. The Bertz CT molecular complexity index is 896. The van der Waals surface area contributed by atoms with Gasteiger partial charge in [-0.3, -0.25) is 9.78 Å². The topological polar surface area (TPSA) is 63.2 Å². The average molecular weight is 365 g/mol. The number of hydrogen-bond acceptors (Lipinski definition) is 4. The van der Waals surface area contributed by atoms with Crippen LogP contribution >= 0.6 is 0 Å². The van der Waals surface area contributed by atoms with Crippen LogP contribution in [0.1, 0.15) is 10.4 Å².